The minimum atomic E-state index is -0.469. The predicted octanol–water partition coefficient (Wildman–Crippen LogP) is 3.32. The van der Waals surface area contributed by atoms with E-state index in [-0.39, 0.29) is 23.1 Å². The summed E-state index contributed by atoms with van der Waals surface area (Å²) >= 11 is 5.96. The van der Waals surface area contributed by atoms with Crippen LogP contribution in [-0.4, -0.2) is 11.9 Å². The number of anilines is 1. The Balaban J connectivity index is 1.99. The van der Waals surface area contributed by atoms with E-state index in [9.17, 15) is 9.59 Å². The third-order valence-corrected chi connectivity index (χ3v) is 3.20. The molecule has 0 saturated heterocycles. The number of carbonyl (C=O) groups is 2. The van der Waals surface area contributed by atoms with Gasteiger partial charge in [-0.05, 0) is 35.9 Å². The molecule has 0 aliphatic rings. The minimum absolute atomic E-state index is 0.0662. The molecular formula is C17H13ClN2O3. The lowest BCUT2D eigenvalue weighted by molar-refractivity contribution is -0.133. The molecule has 0 aliphatic carbocycles. The molecule has 1 N–H and O–H groups in total. The SMILES string of the molecule is CC(=O)Nc1ccc(CC(=O)Oc2ccc(C#N)cc2Cl)cc1. The highest BCUT2D eigenvalue weighted by atomic mass is 35.5. The van der Waals surface area contributed by atoms with Gasteiger partial charge in [0.2, 0.25) is 5.91 Å². The standard InChI is InChI=1S/C17H13ClN2O3/c1-11(21)20-14-5-2-12(3-6-14)9-17(22)23-16-7-4-13(10-19)8-15(16)18/h2-8H,9H2,1H3,(H,20,21). The zero-order chi connectivity index (χ0) is 16.8. The van der Waals surface area contributed by atoms with Gasteiger partial charge in [0.1, 0.15) is 5.75 Å². The Hall–Kier alpha value is -2.84. The van der Waals surface area contributed by atoms with Crippen LogP contribution >= 0.6 is 11.6 Å². The molecule has 2 aromatic carbocycles. The van der Waals surface area contributed by atoms with Crippen molar-refractivity contribution in [2.45, 2.75) is 13.3 Å². The molecule has 116 valence electrons. The minimum Gasteiger partial charge on any atom is -0.425 e. The lowest BCUT2D eigenvalue weighted by Gasteiger charge is -2.07. The van der Waals surface area contributed by atoms with Crippen molar-refractivity contribution in [3.8, 4) is 11.8 Å². The fourth-order valence-corrected chi connectivity index (χ4v) is 2.11. The van der Waals surface area contributed by atoms with Crippen LogP contribution in [0.15, 0.2) is 42.5 Å². The van der Waals surface area contributed by atoms with Gasteiger partial charge in [-0.3, -0.25) is 9.59 Å². The summed E-state index contributed by atoms with van der Waals surface area (Å²) in [5.41, 5.74) is 1.79. The molecular weight excluding hydrogens is 316 g/mol. The second kappa shape index (κ2) is 7.43. The first-order valence-corrected chi connectivity index (χ1v) is 7.12. The molecule has 0 atom stereocenters. The maximum atomic E-state index is 11.9. The number of rotatable bonds is 4. The van der Waals surface area contributed by atoms with E-state index in [1.807, 2.05) is 6.07 Å². The number of amides is 1. The van der Waals surface area contributed by atoms with Crippen molar-refractivity contribution in [3.05, 3.63) is 58.6 Å². The van der Waals surface area contributed by atoms with Crippen molar-refractivity contribution in [1.29, 1.82) is 5.26 Å². The second-order valence-corrected chi connectivity index (χ2v) is 5.19. The molecule has 23 heavy (non-hydrogen) atoms. The normalized spacial score (nSPS) is 9.78. The van der Waals surface area contributed by atoms with E-state index >= 15 is 0 Å². The van der Waals surface area contributed by atoms with E-state index in [0.717, 1.165) is 5.56 Å². The quantitative estimate of drug-likeness (QED) is 0.689. The molecule has 0 bridgehead atoms. The first kappa shape index (κ1) is 16.5. The molecule has 0 heterocycles. The molecule has 0 aromatic heterocycles. The number of ether oxygens (including phenoxy) is 1. The zero-order valence-electron chi connectivity index (χ0n) is 12.3. The van der Waals surface area contributed by atoms with Crippen LogP contribution in [0.2, 0.25) is 5.02 Å². The van der Waals surface area contributed by atoms with Crippen LogP contribution in [0.5, 0.6) is 5.75 Å². The lowest BCUT2D eigenvalue weighted by atomic mass is 10.1. The Morgan fingerprint density at radius 1 is 1.22 bits per heavy atom. The van der Waals surface area contributed by atoms with Crippen LogP contribution in [0.25, 0.3) is 0 Å². The van der Waals surface area contributed by atoms with Gasteiger partial charge in [-0.15, -0.1) is 0 Å². The van der Waals surface area contributed by atoms with Crippen molar-refractivity contribution in [1.82, 2.24) is 0 Å². The molecule has 2 aromatic rings. The van der Waals surface area contributed by atoms with E-state index < -0.39 is 5.97 Å². The summed E-state index contributed by atoms with van der Waals surface area (Å²) in [6.07, 6.45) is 0.0662. The fourth-order valence-electron chi connectivity index (χ4n) is 1.89. The fraction of sp³-hybridized carbons (Fsp3) is 0.118. The maximum absolute atomic E-state index is 11.9. The molecule has 0 aliphatic heterocycles. The van der Waals surface area contributed by atoms with Crippen LogP contribution in [0.1, 0.15) is 18.1 Å². The Morgan fingerprint density at radius 2 is 1.91 bits per heavy atom. The number of benzene rings is 2. The Labute approximate surface area is 138 Å². The third kappa shape index (κ3) is 4.83. The summed E-state index contributed by atoms with van der Waals surface area (Å²) in [7, 11) is 0. The van der Waals surface area contributed by atoms with Gasteiger partial charge in [-0.25, -0.2) is 0 Å². The largest absolute Gasteiger partial charge is 0.425 e. The van der Waals surface area contributed by atoms with E-state index in [1.54, 1.807) is 24.3 Å². The van der Waals surface area contributed by atoms with Crippen LogP contribution < -0.4 is 10.1 Å². The van der Waals surface area contributed by atoms with Crippen LogP contribution in [0, 0.1) is 11.3 Å². The number of nitrogens with one attached hydrogen (secondary N) is 1. The first-order chi connectivity index (χ1) is 11.0. The van der Waals surface area contributed by atoms with Crippen molar-refractivity contribution < 1.29 is 14.3 Å². The molecule has 0 spiro atoms. The molecule has 2 rings (SSSR count). The van der Waals surface area contributed by atoms with Gasteiger partial charge >= 0.3 is 5.97 Å². The molecule has 1 amide bonds. The number of esters is 1. The highest BCUT2D eigenvalue weighted by Gasteiger charge is 2.10. The summed E-state index contributed by atoms with van der Waals surface area (Å²) in [5, 5.41) is 11.6. The summed E-state index contributed by atoms with van der Waals surface area (Å²) in [6.45, 7) is 1.42. The van der Waals surface area contributed by atoms with E-state index in [2.05, 4.69) is 5.32 Å². The van der Waals surface area contributed by atoms with Crippen LogP contribution in [0.4, 0.5) is 5.69 Å². The van der Waals surface area contributed by atoms with Crippen molar-refractivity contribution in [2.75, 3.05) is 5.32 Å². The number of halogens is 1. The van der Waals surface area contributed by atoms with Crippen LogP contribution in [0.3, 0.4) is 0 Å². The summed E-state index contributed by atoms with van der Waals surface area (Å²) < 4.78 is 5.19. The maximum Gasteiger partial charge on any atom is 0.315 e. The molecule has 0 radical (unpaired) electrons. The zero-order valence-corrected chi connectivity index (χ0v) is 13.1. The molecule has 0 saturated carbocycles. The monoisotopic (exact) mass is 328 g/mol. The molecule has 5 nitrogen and oxygen atoms in total. The van der Waals surface area contributed by atoms with Gasteiger partial charge in [0.05, 0.1) is 23.1 Å². The van der Waals surface area contributed by atoms with Crippen molar-refractivity contribution in [2.24, 2.45) is 0 Å². The van der Waals surface area contributed by atoms with Crippen LogP contribution in [-0.2, 0) is 16.0 Å². The molecule has 0 unspecified atom stereocenters. The van der Waals surface area contributed by atoms with Gasteiger partial charge in [0, 0.05) is 12.6 Å². The number of hydrogen-bond donors (Lipinski definition) is 1. The van der Waals surface area contributed by atoms with Gasteiger partial charge in [0.15, 0.2) is 0 Å². The number of nitrogens with zero attached hydrogens (tertiary/aromatic N) is 1. The van der Waals surface area contributed by atoms with Gasteiger partial charge in [-0.2, -0.15) is 5.26 Å². The average molecular weight is 329 g/mol. The number of nitriles is 1. The Kier molecular flexibility index (Phi) is 5.34. The van der Waals surface area contributed by atoms with Gasteiger partial charge < -0.3 is 10.1 Å². The van der Waals surface area contributed by atoms with E-state index in [4.69, 9.17) is 21.6 Å². The summed E-state index contributed by atoms with van der Waals surface area (Å²) in [6, 6.07) is 13.3. The van der Waals surface area contributed by atoms with Crippen molar-refractivity contribution >= 4 is 29.2 Å². The third-order valence-electron chi connectivity index (χ3n) is 2.91. The average Bonchev–Trinajstić information content (AvgIpc) is 2.50. The van der Waals surface area contributed by atoms with Gasteiger partial charge in [0.25, 0.3) is 0 Å². The first-order valence-electron chi connectivity index (χ1n) is 6.75. The topological polar surface area (TPSA) is 79.2 Å². The Bertz CT molecular complexity index is 779. The molecule has 6 heteroatoms. The highest BCUT2D eigenvalue weighted by Crippen LogP contribution is 2.25. The van der Waals surface area contributed by atoms with E-state index in [0.29, 0.717) is 11.3 Å². The number of carbonyl (C=O) groups excluding carboxylic acids is 2. The lowest BCUT2D eigenvalue weighted by Crippen LogP contribution is -2.12. The number of hydrogen-bond acceptors (Lipinski definition) is 4. The second-order valence-electron chi connectivity index (χ2n) is 4.79. The summed E-state index contributed by atoms with van der Waals surface area (Å²) in [4.78, 5) is 22.9. The highest BCUT2D eigenvalue weighted by molar-refractivity contribution is 6.32. The molecule has 0 fully saturated rings. The summed E-state index contributed by atoms with van der Waals surface area (Å²) in [5.74, 6) is -0.415. The Morgan fingerprint density at radius 3 is 2.48 bits per heavy atom. The van der Waals surface area contributed by atoms with E-state index in [1.165, 1.54) is 25.1 Å². The van der Waals surface area contributed by atoms with Crippen molar-refractivity contribution in [3.63, 3.8) is 0 Å². The predicted molar refractivity (Wildman–Crippen MR) is 86.3 cm³/mol. The van der Waals surface area contributed by atoms with Gasteiger partial charge in [-0.1, -0.05) is 23.7 Å². The smallest absolute Gasteiger partial charge is 0.315 e.